The second kappa shape index (κ2) is 5.17. The van der Waals surface area contributed by atoms with E-state index in [1.54, 1.807) is 0 Å². The SMILES string of the molecule is Cc1ccc(OC2COc3ccccc3C2O)c(C)c1. The molecule has 3 heteroatoms. The molecule has 0 saturated heterocycles. The van der Waals surface area contributed by atoms with Crippen LogP contribution in [0.3, 0.4) is 0 Å². The largest absolute Gasteiger partial charge is 0.489 e. The molecule has 2 unspecified atom stereocenters. The Balaban J connectivity index is 1.83. The minimum Gasteiger partial charge on any atom is -0.489 e. The molecule has 1 heterocycles. The van der Waals surface area contributed by atoms with Gasteiger partial charge in [0.1, 0.15) is 24.2 Å². The predicted octanol–water partition coefficient (Wildman–Crippen LogP) is 3.18. The molecule has 3 rings (SSSR count). The Kier molecular flexibility index (Phi) is 3.36. The summed E-state index contributed by atoms with van der Waals surface area (Å²) >= 11 is 0. The standard InChI is InChI=1S/C17H18O3/c1-11-7-8-14(12(2)9-11)20-16-10-19-15-6-4-3-5-13(15)17(16)18/h3-9,16-18H,10H2,1-2H3. The molecular formula is C17H18O3. The van der Waals surface area contributed by atoms with E-state index in [9.17, 15) is 5.11 Å². The van der Waals surface area contributed by atoms with Gasteiger partial charge in [-0.05, 0) is 31.5 Å². The Morgan fingerprint density at radius 1 is 1.15 bits per heavy atom. The van der Waals surface area contributed by atoms with E-state index < -0.39 is 6.10 Å². The lowest BCUT2D eigenvalue weighted by atomic mass is 10.0. The van der Waals surface area contributed by atoms with Crippen molar-refractivity contribution < 1.29 is 14.6 Å². The fourth-order valence-corrected chi connectivity index (χ4v) is 2.51. The van der Waals surface area contributed by atoms with E-state index >= 15 is 0 Å². The molecule has 20 heavy (non-hydrogen) atoms. The van der Waals surface area contributed by atoms with Gasteiger partial charge in [-0.15, -0.1) is 0 Å². The summed E-state index contributed by atoms with van der Waals surface area (Å²) in [6.07, 6.45) is -1.05. The van der Waals surface area contributed by atoms with Gasteiger partial charge in [0, 0.05) is 5.56 Å². The van der Waals surface area contributed by atoms with E-state index in [0.717, 1.165) is 22.6 Å². The first kappa shape index (κ1) is 13.0. The van der Waals surface area contributed by atoms with Gasteiger partial charge in [-0.2, -0.15) is 0 Å². The van der Waals surface area contributed by atoms with Crippen LogP contribution in [0.25, 0.3) is 0 Å². The van der Waals surface area contributed by atoms with E-state index in [-0.39, 0.29) is 6.10 Å². The Labute approximate surface area is 118 Å². The molecule has 0 bridgehead atoms. The van der Waals surface area contributed by atoms with Crippen LogP contribution in [0.15, 0.2) is 42.5 Å². The highest BCUT2D eigenvalue weighted by Gasteiger charge is 2.31. The van der Waals surface area contributed by atoms with Crippen LogP contribution in [0, 0.1) is 13.8 Å². The molecule has 0 saturated carbocycles. The third-order valence-electron chi connectivity index (χ3n) is 3.60. The number of aliphatic hydroxyl groups is 1. The fourth-order valence-electron chi connectivity index (χ4n) is 2.51. The molecule has 0 spiro atoms. The van der Waals surface area contributed by atoms with E-state index in [1.165, 1.54) is 5.56 Å². The topological polar surface area (TPSA) is 38.7 Å². The second-order valence-corrected chi connectivity index (χ2v) is 5.22. The molecule has 104 valence electrons. The Bertz CT molecular complexity index is 621. The maximum Gasteiger partial charge on any atom is 0.163 e. The van der Waals surface area contributed by atoms with Crippen LogP contribution in [0.4, 0.5) is 0 Å². The van der Waals surface area contributed by atoms with Crippen molar-refractivity contribution in [3.05, 3.63) is 59.2 Å². The lowest BCUT2D eigenvalue weighted by Gasteiger charge is -2.31. The van der Waals surface area contributed by atoms with Gasteiger partial charge in [0.2, 0.25) is 0 Å². The first-order valence-corrected chi connectivity index (χ1v) is 6.79. The summed E-state index contributed by atoms with van der Waals surface area (Å²) in [5.74, 6) is 1.53. The molecule has 0 fully saturated rings. The van der Waals surface area contributed by atoms with Gasteiger partial charge in [0.05, 0.1) is 0 Å². The molecular weight excluding hydrogens is 252 g/mol. The van der Waals surface area contributed by atoms with Gasteiger partial charge < -0.3 is 14.6 Å². The minimum atomic E-state index is -0.666. The zero-order chi connectivity index (χ0) is 14.1. The van der Waals surface area contributed by atoms with Gasteiger partial charge in [-0.1, -0.05) is 35.9 Å². The highest BCUT2D eigenvalue weighted by molar-refractivity contribution is 5.39. The van der Waals surface area contributed by atoms with Crippen molar-refractivity contribution in [2.75, 3.05) is 6.61 Å². The quantitative estimate of drug-likeness (QED) is 0.911. The molecule has 1 aliphatic heterocycles. The minimum absolute atomic E-state index is 0.353. The molecule has 2 aromatic rings. The number of para-hydroxylation sites is 1. The molecule has 1 N–H and O–H groups in total. The Morgan fingerprint density at radius 2 is 1.95 bits per heavy atom. The Morgan fingerprint density at radius 3 is 2.75 bits per heavy atom. The van der Waals surface area contributed by atoms with Crippen molar-refractivity contribution in [2.24, 2.45) is 0 Å². The van der Waals surface area contributed by atoms with Gasteiger partial charge in [-0.25, -0.2) is 0 Å². The van der Waals surface area contributed by atoms with Gasteiger partial charge in [-0.3, -0.25) is 0 Å². The van der Waals surface area contributed by atoms with Crippen molar-refractivity contribution in [3.63, 3.8) is 0 Å². The second-order valence-electron chi connectivity index (χ2n) is 5.22. The summed E-state index contributed by atoms with van der Waals surface area (Å²) in [6, 6.07) is 13.6. The van der Waals surface area contributed by atoms with Gasteiger partial charge >= 0.3 is 0 Å². The van der Waals surface area contributed by atoms with Crippen molar-refractivity contribution in [3.8, 4) is 11.5 Å². The molecule has 3 nitrogen and oxygen atoms in total. The van der Waals surface area contributed by atoms with Crippen LogP contribution < -0.4 is 9.47 Å². The van der Waals surface area contributed by atoms with Crippen molar-refractivity contribution in [1.82, 2.24) is 0 Å². The Hall–Kier alpha value is -2.00. The lowest BCUT2D eigenvalue weighted by Crippen LogP contribution is -2.35. The monoisotopic (exact) mass is 270 g/mol. The van der Waals surface area contributed by atoms with Crippen molar-refractivity contribution in [2.45, 2.75) is 26.1 Å². The highest BCUT2D eigenvalue weighted by Crippen LogP contribution is 2.34. The molecule has 0 radical (unpaired) electrons. The fraction of sp³-hybridized carbons (Fsp3) is 0.294. The van der Waals surface area contributed by atoms with Crippen LogP contribution >= 0.6 is 0 Å². The first-order valence-electron chi connectivity index (χ1n) is 6.79. The average Bonchev–Trinajstić information content (AvgIpc) is 2.45. The number of ether oxygens (including phenoxy) is 2. The summed E-state index contributed by atoms with van der Waals surface area (Å²) in [5, 5.41) is 10.4. The molecule has 2 aromatic carbocycles. The maximum absolute atomic E-state index is 10.4. The van der Waals surface area contributed by atoms with E-state index in [4.69, 9.17) is 9.47 Å². The number of aryl methyl sites for hydroxylation is 2. The van der Waals surface area contributed by atoms with Crippen LogP contribution in [-0.2, 0) is 0 Å². The summed E-state index contributed by atoms with van der Waals surface area (Å²) in [4.78, 5) is 0. The summed E-state index contributed by atoms with van der Waals surface area (Å²) in [5.41, 5.74) is 3.05. The molecule has 0 aromatic heterocycles. The normalized spacial score (nSPS) is 20.9. The van der Waals surface area contributed by atoms with Crippen LogP contribution in [0.2, 0.25) is 0 Å². The maximum atomic E-state index is 10.4. The van der Waals surface area contributed by atoms with Crippen LogP contribution in [0.5, 0.6) is 11.5 Å². The number of hydrogen-bond acceptors (Lipinski definition) is 3. The van der Waals surface area contributed by atoms with Gasteiger partial charge in [0.15, 0.2) is 6.10 Å². The summed E-state index contributed by atoms with van der Waals surface area (Å²) < 4.78 is 11.6. The zero-order valence-electron chi connectivity index (χ0n) is 11.7. The molecule has 1 aliphatic rings. The van der Waals surface area contributed by atoms with Crippen molar-refractivity contribution in [1.29, 1.82) is 0 Å². The number of benzene rings is 2. The highest BCUT2D eigenvalue weighted by atomic mass is 16.5. The number of rotatable bonds is 2. The molecule has 0 aliphatic carbocycles. The number of hydrogen-bond donors (Lipinski definition) is 1. The smallest absolute Gasteiger partial charge is 0.163 e. The zero-order valence-corrected chi connectivity index (χ0v) is 11.7. The molecule has 2 atom stereocenters. The number of aliphatic hydroxyl groups excluding tert-OH is 1. The average molecular weight is 270 g/mol. The molecule has 0 amide bonds. The van der Waals surface area contributed by atoms with Crippen LogP contribution in [0.1, 0.15) is 22.8 Å². The third kappa shape index (κ3) is 2.37. The van der Waals surface area contributed by atoms with E-state index in [0.29, 0.717) is 6.61 Å². The summed E-state index contributed by atoms with van der Waals surface area (Å²) in [6.45, 7) is 4.41. The first-order chi connectivity index (χ1) is 9.65. The third-order valence-corrected chi connectivity index (χ3v) is 3.60. The number of fused-ring (bicyclic) bond motifs is 1. The predicted molar refractivity (Wildman–Crippen MR) is 77.2 cm³/mol. The van der Waals surface area contributed by atoms with E-state index in [1.807, 2.05) is 50.2 Å². The lowest BCUT2D eigenvalue weighted by molar-refractivity contribution is -0.0105. The summed E-state index contributed by atoms with van der Waals surface area (Å²) in [7, 11) is 0. The van der Waals surface area contributed by atoms with Crippen molar-refractivity contribution >= 4 is 0 Å². The van der Waals surface area contributed by atoms with Crippen LogP contribution in [-0.4, -0.2) is 17.8 Å². The van der Waals surface area contributed by atoms with E-state index in [2.05, 4.69) is 6.07 Å². The van der Waals surface area contributed by atoms with Gasteiger partial charge in [0.25, 0.3) is 0 Å².